The van der Waals surface area contributed by atoms with E-state index in [9.17, 15) is 8.78 Å². The van der Waals surface area contributed by atoms with E-state index in [-0.39, 0.29) is 11.6 Å². The van der Waals surface area contributed by atoms with Gasteiger partial charge in [0.2, 0.25) is 0 Å². The van der Waals surface area contributed by atoms with Crippen molar-refractivity contribution in [2.75, 3.05) is 6.54 Å². The van der Waals surface area contributed by atoms with E-state index < -0.39 is 0 Å². The van der Waals surface area contributed by atoms with Crippen LogP contribution in [0.4, 0.5) is 8.78 Å². The second-order valence-corrected chi connectivity index (χ2v) is 4.95. The Balaban J connectivity index is 2.21. The quantitative estimate of drug-likeness (QED) is 0.795. The van der Waals surface area contributed by atoms with Crippen LogP contribution in [0, 0.1) is 18.6 Å². The molecule has 0 fully saturated rings. The average molecular weight is 275 g/mol. The molecule has 2 aromatic rings. The van der Waals surface area contributed by atoms with E-state index >= 15 is 0 Å². The van der Waals surface area contributed by atoms with Crippen molar-refractivity contribution in [1.29, 1.82) is 0 Å². The van der Waals surface area contributed by atoms with Gasteiger partial charge in [0.05, 0.1) is 0 Å². The molecular formula is C17H19F2N. The minimum atomic E-state index is -0.241. The maximum absolute atomic E-state index is 14.0. The summed E-state index contributed by atoms with van der Waals surface area (Å²) in [6.07, 6.45) is 1.02. The van der Waals surface area contributed by atoms with Crippen LogP contribution in [0.25, 0.3) is 11.1 Å². The fraction of sp³-hybridized carbons (Fsp3) is 0.294. The molecule has 0 unspecified atom stereocenters. The number of hydrogen-bond donors (Lipinski definition) is 1. The minimum absolute atomic E-state index is 0.229. The minimum Gasteiger partial charge on any atom is -0.313 e. The average Bonchev–Trinajstić information content (AvgIpc) is 2.44. The molecule has 0 aliphatic carbocycles. The summed E-state index contributed by atoms with van der Waals surface area (Å²) in [5.74, 6) is -0.470. The Morgan fingerprint density at radius 1 is 0.950 bits per heavy atom. The molecule has 1 nitrogen and oxygen atoms in total. The van der Waals surface area contributed by atoms with E-state index in [1.165, 1.54) is 12.1 Å². The lowest BCUT2D eigenvalue weighted by Crippen LogP contribution is -2.14. The van der Waals surface area contributed by atoms with Crippen molar-refractivity contribution in [2.45, 2.75) is 26.8 Å². The highest BCUT2D eigenvalue weighted by atomic mass is 19.1. The van der Waals surface area contributed by atoms with Gasteiger partial charge >= 0.3 is 0 Å². The molecule has 2 aromatic carbocycles. The molecule has 106 valence electrons. The van der Waals surface area contributed by atoms with Gasteiger partial charge in [-0.1, -0.05) is 25.1 Å². The van der Waals surface area contributed by atoms with Gasteiger partial charge in [0, 0.05) is 12.1 Å². The van der Waals surface area contributed by atoms with Crippen molar-refractivity contribution >= 4 is 0 Å². The van der Waals surface area contributed by atoms with Gasteiger partial charge in [0.25, 0.3) is 0 Å². The first-order valence-electron chi connectivity index (χ1n) is 6.87. The zero-order valence-electron chi connectivity index (χ0n) is 11.8. The van der Waals surface area contributed by atoms with Crippen LogP contribution < -0.4 is 5.32 Å². The number of hydrogen-bond acceptors (Lipinski definition) is 1. The predicted molar refractivity (Wildman–Crippen MR) is 78.5 cm³/mol. The van der Waals surface area contributed by atoms with Crippen LogP contribution in [0.3, 0.4) is 0 Å². The third-order valence-corrected chi connectivity index (χ3v) is 3.29. The molecule has 0 amide bonds. The highest BCUT2D eigenvalue weighted by Crippen LogP contribution is 2.24. The van der Waals surface area contributed by atoms with Gasteiger partial charge in [0.1, 0.15) is 11.6 Å². The predicted octanol–water partition coefficient (Wildman–Crippen LogP) is 4.44. The molecule has 1 N–H and O–H groups in total. The fourth-order valence-corrected chi connectivity index (χ4v) is 2.09. The molecule has 0 aliphatic rings. The molecule has 0 atom stereocenters. The Morgan fingerprint density at radius 3 is 2.30 bits per heavy atom. The molecule has 2 rings (SSSR count). The molecule has 0 radical (unpaired) electrons. The standard InChI is InChI=1S/C17H19F2N/c1-3-8-20-11-15-5-4-14(10-17(15)19)13-6-7-16(18)12(2)9-13/h4-7,9-10,20H,3,8,11H2,1-2H3. The number of nitrogens with one attached hydrogen (secondary N) is 1. The highest BCUT2D eigenvalue weighted by Gasteiger charge is 2.06. The summed E-state index contributed by atoms with van der Waals surface area (Å²) in [4.78, 5) is 0. The highest BCUT2D eigenvalue weighted by molar-refractivity contribution is 5.64. The van der Waals surface area contributed by atoms with Gasteiger partial charge in [-0.2, -0.15) is 0 Å². The monoisotopic (exact) mass is 275 g/mol. The first-order valence-corrected chi connectivity index (χ1v) is 6.87. The molecule has 0 aromatic heterocycles. The Hall–Kier alpha value is -1.74. The second kappa shape index (κ2) is 6.62. The van der Waals surface area contributed by atoms with Crippen molar-refractivity contribution in [1.82, 2.24) is 5.32 Å². The van der Waals surface area contributed by atoms with Crippen molar-refractivity contribution in [2.24, 2.45) is 0 Å². The molecule has 0 bridgehead atoms. The third kappa shape index (κ3) is 3.42. The number of halogens is 2. The lowest BCUT2D eigenvalue weighted by Gasteiger charge is -2.08. The van der Waals surface area contributed by atoms with Crippen molar-refractivity contribution in [3.05, 3.63) is 59.2 Å². The van der Waals surface area contributed by atoms with Crippen LogP contribution in [0.2, 0.25) is 0 Å². The van der Waals surface area contributed by atoms with E-state index in [4.69, 9.17) is 0 Å². The first-order chi connectivity index (χ1) is 9.61. The lowest BCUT2D eigenvalue weighted by molar-refractivity contribution is 0.587. The summed E-state index contributed by atoms with van der Waals surface area (Å²) in [5.41, 5.74) is 2.82. The smallest absolute Gasteiger partial charge is 0.128 e. The van der Waals surface area contributed by atoms with Crippen molar-refractivity contribution in [3.63, 3.8) is 0 Å². The van der Waals surface area contributed by atoms with Crippen LogP contribution in [0.15, 0.2) is 36.4 Å². The van der Waals surface area contributed by atoms with Gasteiger partial charge in [0.15, 0.2) is 0 Å². The Bertz CT molecular complexity index is 594. The van der Waals surface area contributed by atoms with E-state index in [2.05, 4.69) is 12.2 Å². The largest absolute Gasteiger partial charge is 0.313 e. The third-order valence-electron chi connectivity index (χ3n) is 3.29. The van der Waals surface area contributed by atoms with E-state index in [0.29, 0.717) is 17.7 Å². The number of aryl methyl sites for hydroxylation is 1. The zero-order chi connectivity index (χ0) is 14.5. The van der Waals surface area contributed by atoms with Crippen LogP contribution in [0.1, 0.15) is 24.5 Å². The Kier molecular flexibility index (Phi) is 4.85. The number of rotatable bonds is 5. The lowest BCUT2D eigenvalue weighted by atomic mass is 10.0. The molecule has 20 heavy (non-hydrogen) atoms. The number of benzene rings is 2. The first kappa shape index (κ1) is 14.7. The molecular weight excluding hydrogens is 256 g/mol. The molecule has 0 saturated heterocycles. The second-order valence-electron chi connectivity index (χ2n) is 4.95. The summed E-state index contributed by atoms with van der Waals surface area (Å²) in [7, 11) is 0. The summed E-state index contributed by atoms with van der Waals surface area (Å²) < 4.78 is 27.3. The van der Waals surface area contributed by atoms with Crippen LogP contribution in [-0.4, -0.2) is 6.54 Å². The molecule has 3 heteroatoms. The molecule has 0 spiro atoms. The molecule has 0 saturated carbocycles. The van der Waals surface area contributed by atoms with Gasteiger partial charge in [-0.25, -0.2) is 8.78 Å². The van der Waals surface area contributed by atoms with Gasteiger partial charge in [-0.15, -0.1) is 0 Å². The zero-order valence-corrected chi connectivity index (χ0v) is 11.8. The fourth-order valence-electron chi connectivity index (χ4n) is 2.09. The normalized spacial score (nSPS) is 10.8. The Labute approximate surface area is 118 Å². The summed E-state index contributed by atoms with van der Waals surface area (Å²) in [6, 6.07) is 9.99. The van der Waals surface area contributed by atoms with Crippen LogP contribution in [0.5, 0.6) is 0 Å². The van der Waals surface area contributed by atoms with Crippen LogP contribution in [-0.2, 0) is 6.54 Å². The summed E-state index contributed by atoms with van der Waals surface area (Å²) in [6.45, 7) is 5.18. The van der Waals surface area contributed by atoms with Crippen LogP contribution >= 0.6 is 0 Å². The Morgan fingerprint density at radius 2 is 1.65 bits per heavy atom. The molecule has 0 aliphatic heterocycles. The van der Waals surface area contributed by atoms with Gasteiger partial charge in [-0.3, -0.25) is 0 Å². The maximum Gasteiger partial charge on any atom is 0.128 e. The summed E-state index contributed by atoms with van der Waals surface area (Å²) in [5, 5.41) is 3.18. The summed E-state index contributed by atoms with van der Waals surface area (Å²) >= 11 is 0. The van der Waals surface area contributed by atoms with Crippen molar-refractivity contribution < 1.29 is 8.78 Å². The van der Waals surface area contributed by atoms with E-state index in [0.717, 1.165) is 24.1 Å². The van der Waals surface area contributed by atoms with E-state index in [1.807, 2.05) is 6.07 Å². The topological polar surface area (TPSA) is 12.0 Å². The SMILES string of the molecule is CCCNCc1ccc(-c2ccc(F)c(C)c2)cc1F. The van der Waals surface area contributed by atoms with Gasteiger partial charge < -0.3 is 5.32 Å². The maximum atomic E-state index is 14.0. The molecule has 0 heterocycles. The van der Waals surface area contributed by atoms with Gasteiger partial charge in [-0.05, 0) is 54.8 Å². The van der Waals surface area contributed by atoms with E-state index in [1.54, 1.807) is 25.1 Å². The van der Waals surface area contributed by atoms with Crippen molar-refractivity contribution in [3.8, 4) is 11.1 Å².